The van der Waals surface area contributed by atoms with E-state index in [4.69, 9.17) is 4.42 Å². The Labute approximate surface area is 140 Å². The first-order chi connectivity index (χ1) is 11.2. The van der Waals surface area contributed by atoms with E-state index < -0.39 is 27.3 Å². The van der Waals surface area contributed by atoms with Gasteiger partial charge in [0.2, 0.25) is 5.09 Å². The molecule has 1 amide bonds. The number of hydrogen-bond acceptors (Lipinski definition) is 5. The van der Waals surface area contributed by atoms with Gasteiger partial charge in [0.05, 0.1) is 11.0 Å². The number of hydrogen-bond donors (Lipinski definition) is 1. The molecule has 2 aliphatic rings. The van der Waals surface area contributed by atoms with E-state index in [2.05, 4.69) is 0 Å². The summed E-state index contributed by atoms with van der Waals surface area (Å²) in [7, 11) is -1.01. The maximum atomic E-state index is 12.6. The topological polar surface area (TPSA) is 108 Å². The molecule has 1 aromatic heterocycles. The van der Waals surface area contributed by atoms with Gasteiger partial charge < -0.3 is 14.4 Å². The first-order valence-corrected chi connectivity index (χ1v) is 9.16. The van der Waals surface area contributed by atoms with E-state index in [0.29, 0.717) is 13.0 Å². The molecule has 0 spiro atoms. The molecule has 2 heterocycles. The standard InChI is InChI=1S/C15H20N2O6S/c1-16(2)24(21,22)12-6-10(8-23-12)13(18)17-7-11-4-3-5-15(11,9-17)14(19)20/h6,8,11H,3-5,7,9H2,1-2H3,(H,19,20)/t11-,15+/m0/s1. The van der Waals surface area contributed by atoms with Gasteiger partial charge in [0.25, 0.3) is 15.9 Å². The minimum atomic E-state index is -3.75. The Morgan fingerprint density at radius 1 is 1.42 bits per heavy atom. The van der Waals surface area contributed by atoms with Gasteiger partial charge in [-0.1, -0.05) is 6.42 Å². The number of carbonyl (C=O) groups is 2. The fourth-order valence-corrected chi connectivity index (χ4v) is 4.53. The van der Waals surface area contributed by atoms with Crippen LogP contribution in [0.4, 0.5) is 0 Å². The molecule has 24 heavy (non-hydrogen) atoms. The Morgan fingerprint density at radius 3 is 2.71 bits per heavy atom. The van der Waals surface area contributed by atoms with E-state index in [1.807, 2.05) is 0 Å². The van der Waals surface area contributed by atoms with Crippen molar-refractivity contribution in [3.8, 4) is 0 Å². The van der Waals surface area contributed by atoms with Gasteiger partial charge in [0.1, 0.15) is 6.26 Å². The van der Waals surface area contributed by atoms with Crippen LogP contribution in [0.5, 0.6) is 0 Å². The van der Waals surface area contributed by atoms with Gasteiger partial charge >= 0.3 is 5.97 Å². The molecule has 2 atom stereocenters. The molecular weight excluding hydrogens is 336 g/mol. The van der Waals surface area contributed by atoms with Crippen molar-refractivity contribution in [3.05, 3.63) is 17.9 Å². The molecular formula is C15H20N2O6S. The van der Waals surface area contributed by atoms with Crippen molar-refractivity contribution < 1.29 is 27.5 Å². The zero-order chi connectivity index (χ0) is 17.7. The molecule has 0 radical (unpaired) electrons. The summed E-state index contributed by atoms with van der Waals surface area (Å²) in [5, 5.41) is 9.27. The van der Waals surface area contributed by atoms with Crippen LogP contribution >= 0.6 is 0 Å². The average Bonchev–Trinajstić information content (AvgIpc) is 3.20. The molecule has 1 N–H and O–H groups in total. The van der Waals surface area contributed by atoms with E-state index >= 15 is 0 Å². The molecule has 1 saturated heterocycles. The molecule has 0 aromatic carbocycles. The van der Waals surface area contributed by atoms with Crippen LogP contribution in [0.2, 0.25) is 0 Å². The van der Waals surface area contributed by atoms with Crippen LogP contribution < -0.4 is 0 Å². The normalized spacial score (nSPS) is 26.8. The maximum Gasteiger partial charge on any atom is 0.311 e. The number of sulfonamides is 1. The predicted molar refractivity (Wildman–Crippen MR) is 82.9 cm³/mol. The van der Waals surface area contributed by atoms with Gasteiger partial charge in [-0.05, 0) is 18.8 Å². The zero-order valence-electron chi connectivity index (χ0n) is 13.6. The molecule has 1 aliphatic carbocycles. The smallest absolute Gasteiger partial charge is 0.311 e. The zero-order valence-corrected chi connectivity index (χ0v) is 14.4. The van der Waals surface area contributed by atoms with Crippen LogP contribution in [0.25, 0.3) is 0 Å². The van der Waals surface area contributed by atoms with Crippen molar-refractivity contribution in [1.82, 2.24) is 9.21 Å². The van der Waals surface area contributed by atoms with Gasteiger partial charge in [-0.2, -0.15) is 0 Å². The highest BCUT2D eigenvalue weighted by Gasteiger charge is 2.55. The Balaban J connectivity index is 1.82. The Morgan fingerprint density at radius 2 is 2.12 bits per heavy atom. The maximum absolute atomic E-state index is 12.6. The summed E-state index contributed by atoms with van der Waals surface area (Å²) >= 11 is 0. The van der Waals surface area contributed by atoms with Crippen LogP contribution in [-0.4, -0.2) is 61.8 Å². The minimum Gasteiger partial charge on any atom is -0.481 e. The van der Waals surface area contributed by atoms with Gasteiger partial charge in [-0.25, -0.2) is 12.7 Å². The molecule has 132 valence electrons. The van der Waals surface area contributed by atoms with E-state index in [1.54, 1.807) is 0 Å². The van der Waals surface area contributed by atoms with E-state index in [1.165, 1.54) is 25.1 Å². The van der Waals surface area contributed by atoms with Crippen molar-refractivity contribution in [2.75, 3.05) is 27.2 Å². The molecule has 1 aliphatic heterocycles. The second kappa shape index (κ2) is 5.59. The van der Waals surface area contributed by atoms with Crippen LogP contribution in [0, 0.1) is 11.3 Å². The lowest BCUT2D eigenvalue weighted by Crippen LogP contribution is -2.37. The second-order valence-corrected chi connectivity index (χ2v) is 8.76. The van der Waals surface area contributed by atoms with E-state index in [-0.39, 0.29) is 23.1 Å². The van der Waals surface area contributed by atoms with Gasteiger partial charge in [0.15, 0.2) is 0 Å². The van der Waals surface area contributed by atoms with Gasteiger partial charge in [0, 0.05) is 33.3 Å². The fraction of sp³-hybridized carbons (Fsp3) is 0.600. The second-order valence-electron chi connectivity index (χ2n) is 6.68. The number of furan rings is 1. The number of fused-ring (bicyclic) bond motifs is 1. The molecule has 2 fully saturated rings. The van der Waals surface area contributed by atoms with Crippen molar-refractivity contribution in [1.29, 1.82) is 0 Å². The van der Waals surface area contributed by atoms with Crippen molar-refractivity contribution in [2.24, 2.45) is 11.3 Å². The summed E-state index contributed by atoms with van der Waals surface area (Å²) in [6.45, 7) is 0.541. The monoisotopic (exact) mass is 356 g/mol. The molecule has 3 rings (SSSR count). The highest BCUT2D eigenvalue weighted by molar-refractivity contribution is 7.88. The SMILES string of the molecule is CN(C)S(=O)(=O)c1cc(C(=O)N2C[C@@H]3CCC[C@@]3(C(=O)O)C2)co1. The van der Waals surface area contributed by atoms with Crippen molar-refractivity contribution in [2.45, 2.75) is 24.4 Å². The number of nitrogens with zero attached hydrogens (tertiary/aromatic N) is 2. The Kier molecular flexibility index (Phi) is 3.95. The number of aliphatic carboxylic acids is 1. The molecule has 1 aromatic rings. The number of carboxylic acids is 1. The molecule has 8 nitrogen and oxygen atoms in total. The van der Waals surface area contributed by atoms with Crippen LogP contribution in [0.3, 0.4) is 0 Å². The average molecular weight is 356 g/mol. The van der Waals surface area contributed by atoms with Crippen LogP contribution in [-0.2, 0) is 14.8 Å². The first-order valence-electron chi connectivity index (χ1n) is 7.72. The number of carboxylic acid groups (broad SMARTS) is 1. The highest BCUT2D eigenvalue weighted by Crippen LogP contribution is 2.49. The van der Waals surface area contributed by atoms with Crippen molar-refractivity contribution >= 4 is 21.9 Å². The fourth-order valence-electron chi connectivity index (χ4n) is 3.72. The summed E-state index contributed by atoms with van der Waals surface area (Å²) in [6, 6.07) is 1.19. The molecule has 9 heteroatoms. The number of carbonyl (C=O) groups excluding carboxylic acids is 1. The third-order valence-electron chi connectivity index (χ3n) is 5.14. The third-order valence-corrected chi connectivity index (χ3v) is 6.83. The van der Waals surface area contributed by atoms with Crippen LogP contribution in [0.1, 0.15) is 29.6 Å². The Hall–Kier alpha value is -1.87. The highest BCUT2D eigenvalue weighted by atomic mass is 32.2. The molecule has 0 bridgehead atoms. The lowest BCUT2D eigenvalue weighted by Gasteiger charge is -2.23. The molecule has 0 unspecified atom stereocenters. The number of likely N-dealkylation sites (tertiary alicyclic amines) is 1. The van der Waals surface area contributed by atoms with E-state index in [9.17, 15) is 23.1 Å². The number of amides is 1. The largest absolute Gasteiger partial charge is 0.481 e. The van der Waals surface area contributed by atoms with Crippen LogP contribution in [0.15, 0.2) is 21.8 Å². The third kappa shape index (κ3) is 2.42. The quantitative estimate of drug-likeness (QED) is 0.857. The predicted octanol–water partition coefficient (Wildman–Crippen LogP) is 0.857. The van der Waals surface area contributed by atoms with Crippen molar-refractivity contribution in [3.63, 3.8) is 0 Å². The van der Waals surface area contributed by atoms with Gasteiger partial charge in [-0.3, -0.25) is 9.59 Å². The Bertz CT molecular complexity index is 784. The summed E-state index contributed by atoms with van der Waals surface area (Å²) < 4.78 is 30.1. The summed E-state index contributed by atoms with van der Waals surface area (Å²) in [6.07, 6.45) is 3.33. The summed E-state index contributed by atoms with van der Waals surface area (Å²) in [5.74, 6) is -1.30. The first kappa shape index (κ1) is 17.0. The summed E-state index contributed by atoms with van der Waals surface area (Å²) in [4.78, 5) is 25.8. The minimum absolute atomic E-state index is 0.0455. The van der Waals surface area contributed by atoms with Gasteiger partial charge in [-0.15, -0.1) is 0 Å². The lowest BCUT2D eigenvalue weighted by molar-refractivity contribution is -0.149. The molecule has 1 saturated carbocycles. The lowest BCUT2D eigenvalue weighted by atomic mass is 9.81. The number of rotatable bonds is 4. The summed E-state index contributed by atoms with van der Waals surface area (Å²) in [5.41, 5.74) is -0.742. The van der Waals surface area contributed by atoms with E-state index in [0.717, 1.165) is 23.4 Å².